The van der Waals surface area contributed by atoms with Gasteiger partial charge in [0.25, 0.3) is 5.56 Å². The van der Waals surface area contributed by atoms with E-state index in [2.05, 4.69) is 25.3 Å². The van der Waals surface area contributed by atoms with E-state index in [1.807, 2.05) is 24.4 Å². The molecule has 1 N–H and O–H groups in total. The molecule has 0 fully saturated rings. The second-order valence-corrected chi connectivity index (χ2v) is 7.79. The summed E-state index contributed by atoms with van der Waals surface area (Å²) >= 11 is 4.50. The van der Waals surface area contributed by atoms with Crippen molar-refractivity contribution in [2.24, 2.45) is 0 Å². The van der Waals surface area contributed by atoms with E-state index in [1.54, 1.807) is 11.3 Å². The van der Waals surface area contributed by atoms with Gasteiger partial charge in [0.05, 0.1) is 10.6 Å². The van der Waals surface area contributed by atoms with Gasteiger partial charge in [-0.1, -0.05) is 36.1 Å². The molecule has 0 radical (unpaired) electrons. The van der Waals surface area contributed by atoms with Crippen molar-refractivity contribution in [1.29, 1.82) is 0 Å². The summed E-state index contributed by atoms with van der Waals surface area (Å²) in [5.41, 5.74) is 0.555. The Morgan fingerprint density at radius 1 is 1.38 bits per heavy atom. The van der Waals surface area contributed by atoms with Crippen molar-refractivity contribution in [1.82, 2.24) is 29.8 Å². The van der Waals surface area contributed by atoms with E-state index in [4.69, 9.17) is 0 Å². The molecule has 0 aliphatic heterocycles. The van der Waals surface area contributed by atoms with E-state index in [1.165, 1.54) is 33.7 Å². The summed E-state index contributed by atoms with van der Waals surface area (Å²) in [6, 6.07) is 5.48. The number of aromatic nitrogens is 6. The maximum absolute atomic E-state index is 12.1. The molecule has 0 spiro atoms. The largest absolute Gasteiger partial charge is 0.275 e. The highest BCUT2D eigenvalue weighted by molar-refractivity contribution is 7.98. The Morgan fingerprint density at radius 2 is 2.29 bits per heavy atom. The van der Waals surface area contributed by atoms with Crippen LogP contribution < -0.4 is 5.56 Å². The van der Waals surface area contributed by atoms with Gasteiger partial charge >= 0.3 is 0 Å². The van der Waals surface area contributed by atoms with Crippen LogP contribution in [0.1, 0.15) is 17.6 Å². The molecule has 24 heavy (non-hydrogen) atoms. The summed E-state index contributed by atoms with van der Waals surface area (Å²) < 4.78 is 1.36. The maximum Gasteiger partial charge on any atom is 0.275 e. The van der Waals surface area contributed by atoms with Gasteiger partial charge in [-0.05, 0) is 17.9 Å². The van der Waals surface area contributed by atoms with Gasteiger partial charge in [-0.15, -0.1) is 16.4 Å². The normalized spacial score (nSPS) is 11.4. The zero-order valence-electron chi connectivity index (χ0n) is 12.6. The molecule has 4 rings (SSSR count). The van der Waals surface area contributed by atoms with E-state index in [0.717, 1.165) is 22.1 Å². The molecule has 0 aliphatic carbocycles. The molecule has 0 bridgehead atoms. The van der Waals surface area contributed by atoms with E-state index >= 15 is 0 Å². The van der Waals surface area contributed by atoms with Crippen LogP contribution >= 0.6 is 34.4 Å². The van der Waals surface area contributed by atoms with Crippen molar-refractivity contribution in [3.05, 3.63) is 44.6 Å². The minimum Gasteiger partial charge on any atom is -0.267 e. The van der Waals surface area contributed by atoms with Gasteiger partial charge in [0.2, 0.25) is 10.1 Å². The van der Waals surface area contributed by atoms with Crippen molar-refractivity contribution in [3.63, 3.8) is 0 Å². The van der Waals surface area contributed by atoms with Crippen molar-refractivity contribution in [2.45, 2.75) is 24.3 Å². The highest BCUT2D eigenvalue weighted by atomic mass is 32.2. The first-order valence-electron chi connectivity index (χ1n) is 7.20. The van der Waals surface area contributed by atoms with Crippen LogP contribution in [-0.2, 0) is 12.2 Å². The number of aryl methyl sites for hydroxylation is 1. The van der Waals surface area contributed by atoms with Crippen LogP contribution in [0.4, 0.5) is 0 Å². The van der Waals surface area contributed by atoms with Crippen LogP contribution in [-0.4, -0.2) is 29.8 Å². The van der Waals surface area contributed by atoms with Gasteiger partial charge < -0.3 is 0 Å². The van der Waals surface area contributed by atoms with Gasteiger partial charge in [-0.25, -0.2) is 9.97 Å². The van der Waals surface area contributed by atoms with Gasteiger partial charge in [0.1, 0.15) is 5.01 Å². The molecule has 0 saturated carbocycles. The number of fused-ring (bicyclic) bond motifs is 1. The Balaban J connectivity index is 1.53. The van der Waals surface area contributed by atoms with Crippen molar-refractivity contribution < 1.29 is 0 Å². The smallest absolute Gasteiger partial charge is 0.267 e. The number of thioether (sulfide) groups is 1. The molecular weight excluding hydrogens is 364 g/mol. The Bertz CT molecular complexity index is 1030. The van der Waals surface area contributed by atoms with Gasteiger partial charge in [-0.3, -0.25) is 9.89 Å². The number of nitrogens with one attached hydrogen (secondary N) is 1. The molecule has 0 amide bonds. The number of aromatic amines is 1. The van der Waals surface area contributed by atoms with E-state index in [-0.39, 0.29) is 5.56 Å². The van der Waals surface area contributed by atoms with Gasteiger partial charge in [0.15, 0.2) is 5.82 Å². The molecule has 0 atom stereocenters. The summed E-state index contributed by atoms with van der Waals surface area (Å²) in [4.78, 5) is 22.8. The summed E-state index contributed by atoms with van der Waals surface area (Å²) in [5, 5.41) is 14.9. The summed E-state index contributed by atoms with van der Waals surface area (Å²) in [6.07, 6.45) is 0.792. The first-order chi connectivity index (χ1) is 11.7. The van der Waals surface area contributed by atoms with Crippen LogP contribution in [0, 0.1) is 0 Å². The SMILES string of the molecule is CCc1nn2c(=O)cc(CSc3n[nH]c(-c4cccs4)n3)nc2s1. The number of nitrogens with zero attached hydrogens (tertiary/aromatic N) is 5. The molecule has 0 aliphatic rings. The third kappa shape index (κ3) is 2.99. The quantitative estimate of drug-likeness (QED) is 0.539. The number of H-pyrrole nitrogens is 1. The second kappa shape index (κ2) is 6.46. The average molecular weight is 376 g/mol. The number of rotatable bonds is 5. The Hall–Kier alpha value is -2.04. The van der Waals surface area contributed by atoms with E-state index in [0.29, 0.717) is 21.6 Å². The van der Waals surface area contributed by atoms with Crippen LogP contribution in [0.3, 0.4) is 0 Å². The molecule has 10 heteroatoms. The lowest BCUT2D eigenvalue weighted by molar-refractivity contribution is 0.852. The Morgan fingerprint density at radius 3 is 3.08 bits per heavy atom. The zero-order chi connectivity index (χ0) is 16.5. The van der Waals surface area contributed by atoms with Crippen LogP contribution in [0.2, 0.25) is 0 Å². The first-order valence-corrected chi connectivity index (χ1v) is 9.89. The van der Waals surface area contributed by atoms with Crippen LogP contribution in [0.5, 0.6) is 0 Å². The molecule has 122 valence electrons. The molecule has 4 aromatic heterocycles. The average Bonchev–Trinajstić information content (AvgIpc) is 3.31. The third-order valence-electron chi connectivity index (χ3n) is 3.21. The van der Waals surface area contributed by atoms with Crippen molar-refractivity contribution >= 4 is 39.4 Å². The molecule has 4 aromatic rings. The predicted octanol–water partition coefficient (Wildman–Crippen LogP) is 2.85. The zero-order valence-corrected chi connectivity index (χ0v) is 15.0. The van der Waals surface area contributed by atoms with Crippen molar-refractivity contribution in [2.75, 3.05) is 0 Å². The van der Waals surface area contributed by atoms with Gasteiger partial charge in [0, 0.05) is 11.8 Å². The molecule has 7 nitrogen and oxygen atoms in total. The second-order valence-electron chi connectivity index (χ2n) is 4.86. The third-order valence-corrected chi connectivity index (χ3v) is 6.02. The summed E-state index contributed by atoms with van der Waals surface area (Å²) in [5.74, 6) is 1.29. The van der Waals surface area contributed by atoms with Gasteiger partial charge in [-0.2, -0.15) is 9.61 Å². The molecule has 0 unspecified atom stereocenters. The molecule has 4 heterocycles. The predicted molar refractivity (Wildman–Crippen MR) is 95.8 cm³/mol. The molecule has 0 aromatic carbocycles. The number of hydrogen-bond acceptors (Lipinski definition) is 8. The standard InChI is InChI=1S/C14H12N6OS3/c1-2-10-19-20-11(21)6-8(15-14(20)24-10)7-23-13-16-12(17-18-13)9-4-3-5-22-9/h3-6H,2,7H2,1H3,(H,16,17,18). The van der Waals surface area contributed by atoms with E-state index in [9.17, 15) is 4.79 Å². The van der Waals surface area contributed by atoms with Crippen molar-refractivity contribution in [3.8, 4) is 10.7 Å². The molecule has 0 saturated heterocycles. The monoisotopic (exact) mass is 376 g/mol. The fraction of sp³-hybridized carbons (Fsp3) is 0.214. The highest BCUT2D eigenvalue weighted by Gasteiger charge is 2.11. The highest BCUT2D eigenvalue weighted by Crippen LogP contribution is 2.24. The maximum atomic E-state index is 12.1. The minimum absolute atomic E-state index is 0.152. The first kappa shape index (κ1) is 15.5. The topological polar surface area (TPSA) is 88.8 Å². The fourth-order valence-corrected chi connectivity index (χ4v) is 4.30. The lowest BCUT2D eigenvalue weighted by Gasteiger charge is -1.97. The number of hydrogen-bond donors (Lipinski definition) is 1. The molecular formula is C14H12N6OS3. The lowest BCUT2D eigenvalue weighted by Crippen LogP contribution is -2.15. The number of thiophene rings is 1. The summed E-state index contributed by atoms with van der Waals surface area (Å²) in [7, 11) is 0. The van der Waals surface area contributed by atoms with E-state index < -0.39 is 0 Å². The fourth-order valence-electron chi connectivity index (χ4n) is 2.09. The van der Waals surface area contributed by atoms with Crippen LogP contribution in [0.15, 0.2) is 33.5 Å². The Kier molecular flexibility index (Phi) is 4.17. The van der Waals surface area contributed by atoms with Crippen LogP contribution in [0.25, 0.3) is 15.7 Å². The Labute approximate surface area is 148 Å². The lowest BCUT2D eigenvalue weighted by atomic mass is 10.4. The summed E-state index contributed by atoms with van der Waals surface area (Å²) in [6.45, 7) is 2.01. The minimum atomic E-state index is -0.152.